The first kappa shape index (κ1) is 22.9. The molecule has 0 spiro atoms. The first-order valence-electron chi connectivity index (χ1n) is 10.2. The van der Waals surface area contributed by atoms with Crippen LogP contribution < -0.4 is 0 Å². The Bertz CT molecular complexity index is 1100. The number of rotatable bonds is 6. The summed E-state index contributed by atoms with van der Waals surface area (Å²) in [6.45, 7) is 8.46. The fourth-order valence-corrected chi connectivity index (χ4v) is 6.78. The largest absolute Gasteiger partial charge is 0.243 e. The lowest BCUT2D eigenvalue weighted by molar-refractivity contribution is 0.272. The number of benzene rings is 2. The van der Waals surface area contributed by atoms with Crippen molar-refractivity contribution in [2.45, 2.75) is 49.8 Å². The smallest absolute Gasteiger partial charge is 0.207 e. The Morgan fingerprint density at radius 1 is 0.833 bits per heavy atom. The van der Waals surface area contributed by atoms with Crippen molar-refractivity contribution in [3.63, 3.8) is 0 Å². The molecule has 0 aromatic heterocycles. The van der Waals surface area contributed by atoms with Gasteiger partial charge in [-0.2, -0.15) is 8.61 Å². The molecular weight excluding hydrogens is 420 g/mol. The van der Waals surface area contributed by atoms with Crippen molar-refractivity contribution in [3.05, 3.63) is 59.2 Å². The molecule has 1 fully saturated rings. The van der Waals surface area contributed by atoms with Gasteiger partial charge < -0.3 is 0 Å². The minimum absolute atomic E-state index is 0.138. The van der Waals surface area contributed by atoms with Crippen LogP contribution in [-0.4, -0.2) is 51.6 Å². The molecule has 164 valence electrons. The summed E-state index contributed by atoms with van der Waals surface area (Å²) in [4.78, 5) is 0.533. The Kier molecular flexibility index (Phi) is 6.72. The molecule has 0 aliphatic carbocycles. The van der Waals surface area contributed by atoms with Crippen LogP contribution >= 0.6 is 0 Å². The van der Waals surface area contributed by atoms with E-state index in [1.165, 1.54) is 8.61 Å². The number of hydrogen-bond donors (Lipinski definition) is 0. The third-order valence-corrected chi connectivity index (χ3v) is 9.82. The van der Waals surface area contributed by atoms with Gasteiger partial charge in [0.15, 0.2) is 0 Å². The zero-order valence-electron chi connectivity index (χ0n) is 18.0. The van der Waals surface area contributed by atoms with Gasteiger partial charge in [-0.15, -0.1) is 0 Å². The molecule has 6 nitrogen and oxygen atoms in total. The maximum atomic E-state index is 13.0. The van der Waals surface area contributed by atoms with Crippen LogP contribution in [0.15, 0.2) is 52.3 Å². The molecule has 3 rings (SSSR count). The van der Waals surface area contributed by atoms with Crippen molar-refractivity contribution < 1.29 is 16.8 Å². The summed E-state index contributed by atoms with van der Waals surface area (Å²) in [6.07, 6.45) is 0.989. The maximum Gasteiger partial charge on any atom is 0.243 e. The molecular formula is C22H30N2O4S2. The minimum Gasteiger partial charge on any atom is -0.207 e. The van der Waals surface area contributed by atoms with Crippen molar-refractivity contribution >= 4 is 20.0 Å². The zero-order chi connectivity index (χ0) is 22.1. The second-order valence-corrected chi connectivity index (χ2v) is 11.8. The third-order valence-electron chi connectivity index (χ3n) is 5.85. The highest BCUT2D eigenvalue weighted by Gasteiger charge is 2.34. The molecule has 1 aliphatic heterocycles. The minimum atomic E-state index is -3.65. The average Bonchev–Trinajstić information content (AvgIpc) is 2.73. The number of sulfonamides is 2. The van der Waals surface area contributed by atoms with Gasteiger partial charge in [-0.3, -0.25) is 0 Å². The predicted octanol–water partition coefficient (Wildman–Crippen LogP) is 3.51. The molecule has 0 radical (unpaired) electrons. The molecule has 1 unspecified atom stereocenters. The molecule has 1 saturated heterocycles. The molecule has 2 aromatic rings. The lowest BCUT2D eigenvalue weighted by Gasteiger charge is -2.33. The Morgan fingerprint density at radius 3 is 1.87 bits per heavy atom. The van der Waals surface area contributed by atoms with Crippen molar-refractivity contribution in [2.24, 2.45) is 0 Å². The van der Waals surface area contributed by atoms with Crippen molar-refractivity contribution in [3.8, 4) is 0 Å². The van der Waals surface area contributed by atoms with Gasteiger partial charge in [-0.1, -0.05) is 43.7 Å². The normalized spacial score (nSPS) is 17.7. The Labute approximate surface area is 180 Å². The molecule has 2 aromatic carbocycles. The van der Waals surface area contributed by atoms with Crippen LogP contribution in [0.1, 0.15) is 42.9 Å². The second kappa shape index (κ2) is 8.78. The van der Waals surface area contributed by atoms with Crippen LogP contribution in [0.2, 0.25) is 0 Å². The van der Waals surface area contributed by atoms with Gasteiger partial charge >= 0.3 is 0 Å². The van der Waals surface area contributed by atoms with E-state index < -0.39 is 20.0 Å². The summed E-state index contributed by atoms with van der Waals surface area (Å²) in [5, 5.41) is 0. The van der Waals surface area contributed by atoms with E-state index in [4.69, 9.17) is 0 Å². The summed E-state index contributed by atoms with van der Waals surface area (Å²) in [6, 6.07) is 12.3. The molecule has 1 aliphatic rings. The number of piperazine rings is 1. The van der Waals surface area contributed by atoms with Crippen LogP contribution in [0.5, 0.6) is 0 Å². The Balaban J connectivity index is 1.74. The maximum absolute atomic E-state index is 13.0. The van der Waals surface area contributed by atoms with E-state index in [2.05, 4.69) is 13.8 Å². The predicted molar refractivity (Wildman–Crippen MR) is 119 cm³/mol. The first-order chi connectivity index (χ1) is 14.1. The standard InChI is InChI=1S/C22H30N2O4S2/c1-5-18(3)20-7-9-21(10-8-20)29(25,26)23-12-14-24(15-13-23)30(27,28)22-11-6-17(2)16-19(22)4/h6-11,16,18H,5,12-15H2,1-4H3. The summed E-state index contributed by atoms with van der Waals surface area (Å²) < 4.78 is 54.8. The highest BCUT2D eigenvalue weighted by Crippen LogP contribution is 2.25. The topological polar surface area (TPSA) is 74.8 Å². The number of nitrogens with zero attached hydrogens (tertiary/aromatic N) is 2. The molecule has 8 heteroatoms. The summed E-state index contributed by atoms with van der Waals surface area (Å²) in [7, 11) is -7.30. The zero-order valence-corrected chi connectivity index (χ0v) is 19.6. The van der Waals surface area contributed by atoms with E-state index in [-0.39, 0.29) is 36.0 Å². The van der Waals surface area contributed by atoms with Crippen molar-refractivity contribution in [1.29, 1.82) is 0 Å². The van der Waals surface area contributed by atoms with Crippen molar-refractivity contribution in [2.75, 3.05) is 26.2 Å². The fourth-order valence-electron chi connectivity index (χ4n) is 3.73. The Morgan fingerprint density at radius 2 is 1.37 bits per heavy atom. The van der Waals surface area contributed by atoms with E-state index in [0.717, 1.165) is 17.5 Å². The number of aryl methyl sites for hydroxylation is 2. The Hall–Kier alpha value is -1.74. The van der Waals surface area contributed by atoms with E-state index in [9.17, 15) is 16.8 Å². The van der Waals surface area contributed by atoms with Crippen LogP contribution in [0, 0.1) is 13.8 Å². The van der Waals surface area contributed by atoms with Crippen LogP contribution in [-0.2, 0) is 20.0 Å². The van der Waals surface area contributed by atoms with Gasteiger partial charge in [0.1, 0.15) is 0 Å². The third kappa shape index (κ3) is 4.46. The van der Waals surface area contributed by atoms with E-state index in [0.29, 0.717) is 11.5 Å². The quantitative estimate of drug-likeness (QED) is 0.675. The van der Waals surface area contributed by atoms with Gasteiger partial charge in [-0.25, -0.2) is 16.8 Å². The van der Waals surface area contributed by atoms with E-state index in [1.54, 1.807) is 31.2 Å². The molecule has 30 heavy (non-hydrogen) atoms. The SMILES string of the molecule is CCC(C)c1ccc(S(=O)(=O)N2CCN(S(=O)(=O)c3ccc(C)cc3C)CC2)cc1. The van der Waals surface area contributed by atoms with Gasteiger partial charge in [0.2, 0.25) is 20.0 Å². The fraction of sp³-hybridized carbons (Fsp3) is 0.455. The van der Waals surface area contributed by atoms with Gasteiger partial charge in [0.25, 0.3) is 0 Å². The van der Waals surface area contributed by atoms with Crippen molar-refractivity contribution in [1.82, 2.24) is 8.61 Å². The lowest BCUT2D eigenvalue weighted by Crippen LogP contribution is -2.50. The summed E-state index contributed by atoms with van der Waals surface area (Å²) in [5.74, 6) is 0.376. The van der Waals surface area contributed by atoms with Gasteiger partial charge in [0, 0.05) is 26.2 Å². The van der Waals surface area contributed by atoms with E-state index in [1.807, 2.05) is 25.1 Å². The van der Waals surface area contributed by atoms with Gasteiger partial charge in [0.05, 0.1) is 9.79 Å². The van der Waals surface area contributed by atoms with Crippen LogP contribution in [0.3, 0.4) is 0 Å². The molecule has 1 atom stereocenters. The first-order valence-corrected chi connectivity index (χ1v) is 13.1. The molecule has 0 saturated carbocycles. The second-order valence-electron chi connectivity index (χ2n) is 7.96. The monoisotopic (exact) mass is 450 g/mol. The molecule has 0 N–H and O–H groups in total. The van der Waals surface area contributed by atoms with Crippen LogP contribution in [0.25, 0.3) is 0 Å². The van der Waals surface area contributed by atoms with E-state index >= 15 is 0 Å². The summed E-state index contributed by atoms with van der Waals surface area (Å²) >= 11 is 0. The molecule has 1 heterocycles. The summed E-state index contributed by atoms with van der Waals surface area (Å²) in [5.41, 5.74) is 2.81. The van der Waals surface area contributed by atoms with Gasteiger partial charge in [-0.05, 0) is 55.5 Å². The average molecular weight is 451 g/mol. The molecule has 0 amide bonds. The number of hydrogen-bond acceptors (Lipinski definition) is 4. The lowest BCUT2D eigenvalue weighted by atomic mass is 9.99. The highest BCUT2D eigenvalue weighted by atomic mass is 32.2. The highest BCUT2D eigenvalue weighted by molar-refractivity contribution is 7.89. The van der Waals surface area contributed by atoms with Crippen LogP contribution in [0.4, 0.5) is 0 Å². The molecule has 0 bridgehead atoms.